The van der Waals surface area contributed by atoms with Gasteiger partial charge in [0, 0.05) is 44.2 Å². The SMILES string of the molecule is COc1ccc2c(c1C=CCCN1CCN(C(=O)OC(C)(C)C)CC1)OC(=Cc1n[nH]c3ccccc13)C2=O. The van der Waals surface area contributed by atoms with Crippen LogP contribution in [-0.4, -0.2) is 77.3 Å². The molecule has 39 heavy (non-hydrogen) atoms. The van der Waals surface area contributed by atoms with E-state index in [1.807, 2.05) is 51.1 Å². The number of carbonyl (C=O) groups excluding carboxylic acids is 2. The first-order chi connectivity index (χ1) is 18.7. The lowest BCUT2D eigenvalue weighted by atomic mass is 10.0. The van der Waals surface area contributed by atoms with Gasteiger partial charge in [-0.1, -0.05) is 30.4 Å². The first kappa shape index (κ1) is 26.5. The molecule has 0 bridgehead atoms. The molecule has 9 nitrogen and oxygen atoms in total. The molecule has 0 atom stereocenters. The van der Waals surface area contributed by atoms with Crippen molar-refractivity contribution in [1.82, 2.24) is 20.0 Å². The second-order valence-corrected chi connectivity index (χ2v) is 10.7. The van der Waals surface area contributed by atoms with Crippen LogP contribution in [0.25, 0.3) is 23.1 Å². The molecule has 2 aliphatic heterocycles. The minimum absolute atomic E-state index is 0.183. The zero-order valence-electron chi connectivity index (χ0n) is 22.8. The van der Waals surface area contributed by atoms with Gasteiger partial charge in [0.05, 0.1) is 29.4 Å². The van der Waals surface area contributed by atoms with Crippen LogP contribution in [0.1, 0.15) is 48.8 Å². The van der Waals surface area contributed by atoms with Gasteiger partial charge in [0.25, 0.3) is 0 Å². The highest BCUT2D eigenvalue weighted by molar-refractivity contribution is 6.15. The van der Waals surface area contributed by atoms with Crippen LogP contribution in [-0.2, 0) is 4.74 Å². The van der Waals surface area contributed by atoms with Gasteiger partial charge < -0.3 is 19.1 Å². The number of piperazine rings is 1. The highest BCUT2D eigenvalue weighted by Crippen LogP contribution is 2.41. The number of ether oxygens (including phenoxy) is 3. The second-order valence-electron chi connectivity index (χ2n) is 10.7. The zero-order valence-corrected chi connectivity index (χ0v) is 22.8. The molecular formula is C30H34N4O5. The van der Waals surface area contributed by atoms with Crippen LogP contribution >= 0.6 is 0 Å². The Kier molecular flexibility index (Phi) is 7.43. The number of allylic oxidation sites excluding steroid dienone is 1. The van der Waals surface area contributed by atoms with Crippen LogP contribution in [0.5, 0.6) is 11.5 Å². The molecule has 1 fully saturated rings. The number of Topliss-reactive ketones (excluding diaryl/α,β-unsaturated/α-hetero) is 1. The lowest BCUT2D eigenvalue weighted by Gasteiger charge is -2.35. The van der Waals surface area contributed by atoms with E-state index < -0.39 is 5.60 Å². The van der Waals surface area contributed by atoms with Crippen LogP contribution < -0.4 is 9.47 Å². The number of nitrogens with one attached hydrogen (secondary N) is 1. The number of rotatable bonds is 6. The van der Waals surface area contributed by atoms with E-state index in [9.17, 15) is 9.59 Å². The summed E-state index contributed by atoms with van der Waals surface area (Å²) in [6.07, 6.45) is 6.24. The molecule has 1 N–H and O–H groups in total. The number of benzene rings is 2. The fourth-order valence-electron chi connectivity index (χ4n) is 4.75. The minimum atomic E-state index is -0.490. The molecule has 2 aliphatic rings. The summed E-state index contributed by atoms with van der Waals surface area (Å²) in [5, 5.41) is 8.24. The molecule has 3 aromatic rings. The summed E-state index contributed by atoms with van der Waals surface area (Å²) in [4.78, 5) is 29.6. The highest BCUT2D eigenvalue weighted by Gasteiger charge is 2.31. The Morgan fingerprint density at radius 1 is 1.13 bits per heavy atom. The third-order valence-corrected chi connectivity index (χ3v) is 6.74. The third kappa shape index (κ3) is 5.83. The van der Waals surface area contributed by atoms with Crippen molar-refractivity contribution in [2.75, 3.05) is 39.8 Å². The molecule has 1 saturated heterocycles. The molecule has 9 heteroatoms. The van der Waals surface area contributed by atoms with Crippen molar-refractivity contribution in [3.8, 4) is 11.5 Å². The van der Waals surface area contributed by atoms with Crippen molar-refractivity contribution in [1.29, 1.82) is 0 Å². The fraction of sp³-hybridized carbons (Fsp3) is 0.367. The number of nitrogens with zero attached hydrogens (tertiary/aromatic N) is 3. The number of amides is 1. The molecule has 0 unspecified atom stereocenters. The van der Waals surface area contributed by atoms with Gasteiger partial charge in [0.1, 0.15) is 17.1 Å². The van der Waals surface area contributed by atoms with Crippen molar-refractivity contribution in [2.24, 2.45) is 0 Å². The number of fused-ring (bicyclic) bond motifs is 2. The largest absolute Gasteiger partial charge is 0.496 e. The number of para-hydroxylation sites is 1. The molecule has 1 amide bonds. The molecule has 0 spiro atoms. The van der Waals surface area contributed by atoms with Crippen molar-refractivity contribution < 1.29 is 23.8 Å². The molecule has 0 saturated carbocycles. The second kappa shape index (κ2) is 10.9. The van der Waals surface area contributed by atoms with Gasteiger partial charge >= 0.3 is 6.09 Å². The van der Waals surface area contributed by atoms with Crippen molar-refractivity contribution in [3.05, 3.63) is 65.1 Å². The van der Waals surface area contributed by atoms with E-state index in [0.717, 1.165) is 42.5 Å². The standard InChI is InChI=1S/C30H34N4O5/c1-30(2,3)39-29(36)34-17-15-33(16-18-34)14-8-7-10-21-25(37-4)13-12-22-27(35)26(38-28(21)22)19-24-20-9-5-6-11-23(20)31-32-24/h5-7,9-13,19H,8,14-18H2,1-4H3,(H,31,32). The number of hydrogen-bond acceptors (Lipinski definition) is 7. The first-order valence-electron chi connectivity index (χ1n) is 13.2. The van der Waals surface area contributed by atoms with E-state index in [4.69, 9.17) is 14.2 Å². The van der Waals surface area contributed by atoms with Crippen LogP contribution in [0.2, 0.25) is 0 Å². The Morgan fingerprint density at radius 3 is 2.64 bits per heavy atom. The number of carbonyl (C=O) groups is 2. The van der Waals surface area contributed by atoms with Crippen LogP contribution in [0.3, 0.4) is 0 Å². The van der Waals surface area contributed by atoms with Crippen molar-refractivity contribution >= 4 is 34.9 Å². The molecule has 1 aromatic heterocycles. The van der Waals surface area contributed by atoms with Gasteiger partial charge in [-0.2, -0.15) is 5.10 Å². The summed E-state index contributed by atoms with van der Waals surface area (Å²) in [5.74, 6) is 1.17. The van der Waals surface area contributed by atoms with Gasteiger partial charge in [-0.05, 0) is 45.4 Å². The Labute approximate surface area is 228 Å². The van der Waals surface area contributed by atoms with Crippen LogP contribution in [0, 0.1) is 0 Å². The lowest BCUT2D eigenvalue weighted by Crippen LogP contribution is -2.50. The Hall–Kier alpha value is -4.11. The van der Waals surface area contributed by atoms with E-state index in [2.05, 4.69) is 21.2 Å². The number of aromatic amines is 1. The summed E-state index contributed by atoms with van der Waals surface area (Å²) < 4.78 is 17.2. The Balaban J connectivity index is 1.24. The molecule has 0 aliphatic carbocycles. The molecule has 3 heterocycles. The summed E-state index contributed by atoms with van der Waals surface area (Å²) >= 11 is 0. The normalized spacial score (nSPS) is 17.2. The lowest BCUT2D eigenvalue weighted by molar-refractivity contribution is 0.0146. The molecule has 5 rings (SSSR count). The maximum Gasteiger partial charge on any atom is 0.410 e. The van der Waals surface area contributed by atoms with E-state index >= 15 is 0 Å². The van der Waals surface area contributed by atoms with Gasteiger partial charge in [-0.25, -0.2) is 4.79 Å². The maximum atomic E-state index is 13.2. The first-order valence-corrected chi connectivity index (χ1v) is 13.2. The Bertz CT molecular complexity index is 1440. The molecule has 0 radical (unpaired) electrons. The number of H-pyrrole nitrogens is 1. The van der Waals surface area contributed by atoms with E-state index in [0.29, 0.717) is 35.8 Å². The number of methoxy groups -OCH3 is 1. The van der Waals surface area contributed by atoms with Gasteiger partial charge in [-0.15, -0.1) is 0 Å². The van der Waals surface area contributed by atoms with E-state index in [1.165, 1.54) is 0 Å². The summed E-state index contributed by atoms with van der Waals surface area (Å²) in [6, 6.07) is 11.3. The summed E-state index contributed by atoms with van der Waals surface area (Å²) in [6.45, 7) is 9.38. The van der Waals surface area contributed by atoms with E-state index in [1.54, 1.807) is 30.2 Å². The number of ketones is 1. The zero-order chi connectivity index (χ0) is 27.6. The quantitative estimate of drug-likeness (QED) is 0.441. The average Bonchev–Trinajstić information content (AvgIpc) is 3.47. The molecule has 2 aromatic carbocycles. The number of hydrogen-bond donors (Lipinski definition) is 1. The van der Waals surface area contributed by atoms with Gasteiger partial charge in [0.2, 0.25) is 5.78 Å². The van der Waals surface area contributed by atoms with Crippen molar-refractivity contribution in [3.63, 3.8) is 0 Å². The van der Waals surface area contributed by atoms with Gasteiger partial charge in [-0.3, -0.25) is 14.8 Å². The number of aromatic nitrogens is 2. The predicted octanol–water partition coefficient (Wildman–Crippen LogP) is 5.14. The predicted molar refractivity (Wildman–Crippen MR) is 150 cm³/mol. The van der Waals surface area contributed by atoms with Crippen LogP contribution in [0.4, 0.5) is 4.79 Å². The van der Waals surface area contributed by atoms with E-state index in [-0.39, 0.29) is 17.6 Å². The summed E-state index contributed by atoms with van der Waals surface area (Å²) in [7, 11) is 1.60. The van der Waals surface area contributed by atoms with Crippen LogP contribution in [0.15, 0.2) is 48.2 Å². The molecule has 204 valence electrons. The van der Waals surface area contributed by atoms with Gasteiger partial charge in [0.15, 0.2) is 5.76 Å². The molecular weight excluding hydrogens is 496 g/mol. The maximum absolute atomic E-state index is 13.2. The summed E-state index contributed by atoms with van der Waals surface area (Å²) in [5.41, 5.74) is 2.28. The Morgan fingerprint density at radius 2 is 1.90 bits per heavy atom. The monoisotopic (exact) mass is 530 g/mol. The average molecular weight is 531 g/mol. The minimum Gasteiger partial charge on any atom is -0.496 e. The van der Waals surface area contributed by atoms with Crippen molar-refractivity contribution in [2.45, 2.75) is 32.8 Å². The topological polar surface area (TPSA) is 97.0 Å². The fourth-order valence-corrected chi connectivity index (χ4v) is 4.75. The smallest absolute Gasteiger partial charge is 0.410 e. The third-order valence-electron chi connectivity index (χ3n) is 6.74. The highest BCUT2D eigenvalue weighted by atomic mass is 16.6.